The van der Waals surface area contributed by atoms with Gasteiger partial charge in [-0.05, 0) is 43.7 Å². The maximum absolute atomic E-state index is 12.4. The van der Waals surface area contributed by atoms with Gasteiger partial charge in [-0.2, -0.15) is 0 Å². The molecule has 1 aliphatic heterocycles. The lowest BCUT2D eigenvalue weighted by Gasteiger charge is -2.25. The molecule has 0 bridgehead atoms. The van der Waals surface area contributed by atoms with E-state index >= 15 is 0 Å². The van der Waals surface area contributed by atoms with Crippen LogP contribution in [-0.2, 0) is 16.0 Å². The maximum atomic E-state index is 12.4. The van der Waals surface area contributed by atoms with E-state index in [9.17, 15) is 9.59 Å². The highest BCUT2D eigenvalue weighted by atomic mass is 35.5. The molecule has 1 aromatic carbocycles. The van der Waals surface area contributed by atoms with Crippen LogP contribution < -0.4 is 16.0 Å². The third kappa shape index (κ3) is 4.95. The molecule has 25 heavy (non-hydrogen) atoms. The zero-order chi connectivity index (χ0) is 16.9. The van der Waals surface area contributed by atoms with Crippen molar-refractivity contribution in [2.24, 2.45) is 11.7 Å². The number of nitrogens with two attached hydrogens (primary N) is 1. The zero-order valence-corrected chi connectivity index (χ0v) is 15.4. The maximum Gasteiger partial charge on any atom is 0.227 e. The monoisotopic (exact) mass is 365 g/mol. The van der Waals surface area contributed by atoms with Gasteiger partial charge >= 0.3 is 0 Å². The Morgan fingerprint density at radius 1 is 1.24 bits per heavy atom. The van der Waals surface area contributed by atoms with Crippen molar-refractivity contribution < 1.29 is 9.59 Å². The third-order valence-corrected chi connectivity index (χ3v) is 5.14. The van der Waals surface area contributed by atoms with Crippen molar-refractivity contribution >= 4 is 29.9 Å². The number of para-hydroxylation sites is 1. The van der Waals surface area contributed by atoms with E-state index in [0.29, 0.717) is 19.4 Å². The van der Waals surface area contributed by atoms with Crippen molar-refractivity contribution in [1.29, 1.82) is 0 Å². The number of nitrogens with zero attached hydrogens (tertiary/aromatic N) is 1. The summed E-state index contributed by atoms with van der Waals surface area (Å²) in [5, 5.41) is 2.97. The molecule has 2 unspecified atom stereocenters. The molecule has 6 heteroatoms. The minimum Gasteiger partial charge on any atom is -0.356 e. The minimum absolute atomic E-state index is 0. The molecule has 1 saturated carbocycles. The molecule has 0 radical (unpaired) electrons. The fourth-order valence-electron chi connectivity index (χ4n) is 3.79. The number of rotatable bonds is 5. The number of fused-ring (bicyclic) bond motifs is 1. The summed E-state index contributed by atoms with van der Waals surface area (Å²) in [7, 11) is 0. The van der Waals surface area contributed by atoms with Crippen LogP contribution in [0, 0.1) is 5.92 Å². The normalized spacial score (nSPS) is 22.0. The quantitative estimate of drug-likeness (QED) is 0.787. The average Bonchev–Trinajstić information content (AvgIpc) is 3.02. The highest BCUT2D eigenvalue weighted by molar-refractivity contribution is 5.95. The number of hydrogen-bond acceptors (Lipinski definition) is 3. The highest BCUT2D eigenvalue weighted by Gasteiger charge is 2.26. The first-order chi connectivity index (χ1) is 11.6. The van der Waals surface area contributed by atoms with Crippen LogP contribution in [0.1, 0.15) is 44.1 Å². The van der Waals surface area contributed by atoms with Gasteiger partial charge in [-0.1, -0.05) is 24.6 Å². The van der Waals surface area contributed by atoms with Crippen LogP contribution in [0.25, 0.3) is 0 Å². The Bertz CT molecular complexity index is 608. The molecule has 2 atom stereocenters. The number of amides is 2. The summed E-state index contributed by atoms with van der Waals surface area (Å²) < 4.78 is 0. The van der Waals surface area contributed by atoms with E-state index in [4.69, 9.17) is 5.73 Å². The predicted molar refractivity (Wildman–Crippen MR) is 102 cm³/mol. The molecule has 1 fully saturated rings. The number of benzene rings is 1. The second kappa shape index (κ2) is 9.20. The second-order valence-corrected chi connectivity index (χ2v) is 6.94. The fourth-order valence-corrected chi connectivity index (χ4v) is 3.79. The highest BCUT2D eigenvalue weighted by Crippen LogP contribution is 2.28. The molecule has 3 N–H and O–H groups in total. The van der Waals surface area contributed by atoms with Gasteiger partial charge in [0.15, 0.2) is 0 Å². The lowest BCUT2D eigenvalue weighted by molar-refractivity contribution is -0.126. The van der Waals surface area contributed by atoms with Crippen LogP contribution in [0.15, 0.2) is 24.3 Å². The third-order valence-electron chi connectivity index (χ3n) is 5.14. The molecule has 138 valence electrons. The molecular formula is C19H28ClN3O2. The molecule has 5 nitrogen and oxygen atoms in total. The van der Waals surface area contributed by atoms with Gasteiger partial charge in [0, 0.05) is 37.2 Å². The van der Waals surface area contributed by atoms with E-state index < -0.39 is 0 Å². The predicted octanol–water partition coefficient (Wildman–Crippen LogP) is 2.41. The van der Waals surface area contributed by atoms with Crippen LogP contribution in [0.4, 0.5) is 5.69 Å². The molecule has 1 aromatic rings. The fraction of sp³-hybridized carbons (Fsp3) is 0.579. The summed E-state index contributed by atoms with van der Waals surface area (Å²) in [6.07, 6.45) is 5.86. The van der Waals surface area contributed by atoms with Crippen LogP contribution in [-0.4, -0.2) is 30.9 Å². The summed E-state index contributed by atoms with van der Waals surface area (Å²) in [4.78, 5) is 26.4. The molecule has 2 aliphatic rings. The van der Waals surface area contributed by atoms with Crippen LogP contribution in [0.5, 0.6) is 0 Å². The van der Waals surface area contributed by atoms with Crippen molar-refractivity contribution in [3.8, 4) is 0 Å². The number of halogens is 1. The van der Waals surface area contributed by atoms with Crippen LogP contribution in [0.2, 0.25) is 0 Å². The number of carbonyl (C=O) groups is 2. The second-order valence-electron chi connectivity index (χ2n) is 6.94. The Hall–Kier alpha value is -1.59. The van der Waals surface area contributed by atoms with Gasteiger partial charge in [-0.3, -0.25) is 9.59 Å². The minimum atomic E-state index is 0. The Labute approximate surface area is 155 Å². The lowest BCUT2D eigenvalue weighted by Crippen LogP contribution is -2.38. The molecule has 0 spiro atoms. The standard InChI is InChI=1S/C19H27N3O2.ClH/c20-16-7-3-6-15(13-16)19(24)21-11-4-9-18(23)22-12-10-14-5-1-2-8-17(14)22;/h1-2,5,8,15-16H,3-4,6-7,9-13,20H2,(H,21,24);1H. The Kier molecular flexibility index (Phi) is 7.26. The van der Waals surface area contributed by atoms with Crippen molar-refractivity contribution in [1.82, 2.24) is 5.32 Å². The molecular weight excluding hydrogens is 338 g/mol. The topological polar surface area (TPSA) is 75.4 Å². The van der Waals surface area contributed by atoms with Gasteiger partial charge in [-0.15, -0.1) is 12.4 Å². The van der Waals surface area contributed by atoms with Crippen molar-refractivity contribution in [3.63, 3.8) is 0 Å². The van der Waals surface area contributed by atoms with E-state index in [-0.39, 0.29) is 36.2 Å². The molecule has 1 heterocycles. The molecule has 0 aromatic heterocycles. The van der Waals surface area contributed by atoms with E-state index in [1.165, 1.54) is 5.56 Å². The smallest absolute Gasteiger partial charge is 0.227 e. The van der Waals surface area contributed by atoms with Crippen LogP contribution >= 0.6 is 12.4 Å². The van der Waals surface area contributed by atoms with Crippen molar-refractivity contribution in [2.75, 3.05) is 18.0 Å². The summed E-state index contributed by atoms with van der Waals surface area (Å²) in [5.41, 5.74) is 8.22. The van der Waals surface area contributed by atoms with E-state index in [2.05, 4.69) is 11.4 Å². The van der Waals surface area contributed by atoms with Crippen molar-refractivity contribution in [3.05, 3.63) is 29.8 Å². The number of carbonyl (C=O) groups excluding carboxylic acids is 2. The average molecular weight is 366 g/mol. The molecule has 3 rings (SSSR count). The molecule has 0 saturated heterocycles. The lowest BCUT2D eigenvalue weighted by atomic mass is 9.85. The Balaban J connectivity index is 0.00000225. The van der Waals surface area contributed by atoms with Gasteiger partial charge in [0.1, 0.15) is 0 Å². The van der Waals surface area contributed by atoms with Crippen LogP contribution in [0.3, 0.4) is 0 Å². The van der Waals surface area contributed by atoms with E-state index in [1.54, 1.807) is 0 Å². The largest absolute Gasteiger partial charge is 0.356 e. The van der Waals surface area contributed by atoms with E-state index in [0.717, 1.165) is 44.3 Å². The van der Waals surface area contributed by atoms with E-state index in [1.807, 2.05) is 23.1 Å². The van der Waals surface area contributed by atoms with Crippen molar-refractivity contribution in [2.45, 2.75) is 51.0 Å². The summed E-state index contributed by atoms with van der Waals surface area (Å²) >= 11 is 0. The first-order valence-corrected chi connectivity index (χ1v) is 9.06. The number of anilines is 1. The van der Waals surface area contributed by atoms with Gasteiger partial charge in [-0.25, -0.2) is 0 Å². The summed E-state index contributed by atoms with van der Waals surface area (Å²) in [6, 6.07) is 8.23. The molecule has 2 amide bonds. The van der Waals surface area contributed by atoms with Gasteiger partial charge in [0.2, 0.25) is 11.8 Å². The number of nitrogens with one attached hydrogen (secondary N) is 1. The number of hydrogen-bond donors (Lipinski definition) is 2. The van der Waals surface area contributed by atoms with Gasteiger partial charge in [0.05, 0.1) is 0 Å². The Morgan fingerprint density at radius 3 is 2.84 bits per heavy atom. The SMILES string of the molecule is Cl.NC1CCCC(C(=O)NCCCC(=O)N2CCc3ccccc32)C1. The molecule has 1 aliphatic carbocycles. The zero-order valence-electron chi connectivity index (χ0n) is 14.6. The first kappa shape index (κ1) is 19.7. The van der Waals surface area contributed by atoms with Gasteiger partial charge in [0.25, 0.3) is 0 Å². The summed E-state index contributed by atoms with van der Waals surface area (Å²) in [5.74, 6) is 0.299. The summed E-state index contributed by atoms with van der Waals surface area (Å²) in [6.45, 7) is 1.33. The first-order valence-electron chi connectivity index (χ1n) is 9.06. The Morgan fingerprint density at radius 2 is 2.04 bits per heavy atom. The van der Waals surface area contributed by atoms with Gasteiger partial charge < -0.3 is 16.0 Å².